The van der Waals surface area contributed by atoms with Gasteiger partial charge in [-0.2, -0.15) is 0 Å². The maximum absolute atomic E-state index is 4.19. The van der Waals surface area contributed by atoms with Gasteiger partial charge in [0.2, 0.25) is 0 Å². The number of pyridine rings is 1. The normalized spacial score (nSPS) is 10.8. The number of hydrogen-bond donors (Lipinski definition) is 0. The second kappa shape index (κ2) is 5.76. The summed E-state index contributed by atoms with van der Waals surface area (Å²) in [6.07, 6.45) is 3.73. The van der Waals surface area contributed by atoms with Crippen molar-refractivity contribution in [1.29, 1.82) is 0 Å². The molecule has 2 aromatic carbocycles. The highest BCUT2D eigenvalue weighted by Crippen LogP contribution is 2.26. The Kier molecular flexibility index (Phi) is 3.85. The van der Waals surface area contributed by atoms with Crippen LogP contribution in [-0.4, -0.2) is 4.98 Å². The number of nitrogens with zero attached hydrogens (tertiary/aromatic N) is 1. The Bertz CT molecular complexity index is 712. The standard InChI is InChI=1S/C16H12BrNS/c17-15-7-12(9-18-10-15)11-19-16-6-5-13-3-1-2-4-14(13)8-16/h1-10H,11H2. The minimum Gasteiger partial charge on any atom is -0.263 e. The maximum atomic E-state index is 4.19. The van der Waals surface area contributed by atoms with Crippen molar-refractivity contribution in [2.75, 3.05) is 0 Å². The van der Waals surface area contributed by atoms with Gasteiger partial charge in [-0.1, -0.05) is 30.3 Å². The van der Waals surface area contributed by atoms with E-state index in [-0.39, 0.29) is 0 Å². The predicted molar refractivity (Wildman–Crippen MR) is 85.4 cm³/mol. The van der Waals surface area contributed by atoms with Gasteiger partial charge in [-0.15, -0.1) is 11.8 Å². The van der Waals surface area contributed by atoms with Crippen molar-refractivity contribution in [3.63, 3.8) is 0 Å². The van der Waals surface area contributed by atoms with Gasteiger partial charge < -0.3 is 0 Å². The molecule has 0 aliphatic rings. The van der Waals surface area contributed by atoms with Crippen LogP contribution in [0.4, 0.5) is 0 Å². The molecule has 94 valence electrons. The van der Waals surface area contributed by atoms with E-state index in [0.29, 0.717) is 0 Å². The van der Waals surface area contributed by atoms with Gasteiger partial charge in [-0.25, -0.2) is 0 Å². The molecule has 0 aliphatic heterocycles. The fourth-order valence-corrected chi connectivity index (χ4v) is 3.24. The quantitative estimate of drug-likeness (QED) is 0.605. The Hall–Kier alpha value is -1.32. The van der Waals surface area contributed by atoms with E-state index in [2.05, 4.69) is 69.4 Å². The van der Waals surface area contributed by atoms with Crippen molar-refractivity contribution in [2.24, 2.45) is 0 Å². The van der Waals surface area contributed by atoms with E-state index < -0.39 is 0 Å². The minimum atomic E-state index is 0.935. The zero-order valence-electron chi connectivity index (χ0n) is 10.2. The molecule has 0 N–H and O–H groups in total. The molecule has 0 saturated carbocycles. The summed E-state index contributed by atoms with van der Waals surface area (Å²) in [6.45, 7) is 0. The molecular formula is C16H12BrNS. The summed E-state index contributed by atoms with van der Waals surface area (Å²) in [5.74, 6) is 0.935. The summed E-state index contributed by atoms with van der Waals surface area (Å²) in [6, 6.07) is 17.2. The molecule has 0 saturated heterocycles. The molecule has 1 nitrogen and oxygen atoms in total. The summed E-state index contributed by atoms with van der Waals surface area (Å²) in [4.78, 5) is 5.48. The van der Waals surface area contributed by atoms with Crippen LogP contribution >= 0.6 is 27.7 Å². The van der Waals surface area contributed by atoms with Crippen LogP contribution in [0, 0.1) is 0 Å². The van der Waals surface area contributed by atoms with E-state index in [4.69, 9.17) is 0 Å². The van der Waals surface area contributed by atoms with Crippen LogP contribution in [0.2, 0.25) is 0 Å². The molecule has 1 aromatic heterocycles. The molecule has 0 unspecified atom stereocenters. The minimum absolute atomic E-state index is 0.935. The molecule has 0 atom stereocenters. The lowest BCUT2D eigenvalue weighted by atomic mass is 10.1. The molecule has 3 rings (SSSR count). The number of rotatable bonds is 3. The van der Waals surface area contributed by atoms with E-state index in [1.54, 1.807) is 0 Å². The highest BCUT2D eigenvalue weighted by molar-refractivity contribution is 9.10. The SMILES string of the molecule is Brc1cncc(CSc2ccc3ccccc3c2)c1. The Morgan fingerprint density at radius 1 is 0.947 bits per heavy atom. The van der Waals surface area contributed by atoms with Crippen molar-refractivity contribution in [3.05, 3.63) is 71.0 Å². The van der Waals surface area contributed by atoms with Crippen LogP contribution in [-0.2, 0) is 5.75 Å². The van der Waals surface area contributed by atoms with E-state index >= 15 is 0 Å². The number of halogens is 1. The van der Waals surface area contributed by atoms with Crippen molar-refractivity contribution in [1.82, 2.24) is 4.98 Å². The van der Waals surface area contributed by atoms with Gasteiger partial charge in [0.1, 0.15) is 0 Å². The lowest BCUT2D eigenvalue weighted by Crippen LogP contribution is -1.83. The van der Waals surface area contributed by atoms with E-state index in [0.717, 1.165) is 10.2 Å². The van der Waals surface area contributed by atoms with Crippen LogP contribution < -0.4 is 0 Å². The lowest BCUT2D eigenvalue weighted by molar-refractivity contribution is 1.23. The topological polar surface area (TPSA) is 12.9 Å². The van der Waals surface area contributed by atoms with Gasteiger partial charge in [0, 0.05) is 27.5 Å². The number of thioether (sulfide) groups is 1. The highest BCUT2D eigenvalue weighted by atomic mass is 79.9. The van der Waals surface area contributed by atoms with Crippen LogP contribution in [0.1, 0.15) is 5.56 Å². The van der Waals surface area contributed by atoms with Gasteiger partial charge in [-0.05, 0) is 50.5 Å². The molecule has 0 radical (unpaired) electrons. The van der Waals surface area contributed by atoms with Gasteiger partial charge in [-0.3, -0.25) is 4.98 Å². The molecule has 1 heterocycles. The molecule has 0 fully saturated rings. The van der Waals surface area contributed by atoms with Crippen molar-refractivity contribution in [3.8, 4) is 0 Å². The number of benzene rings is 2. The van der Waals surface area contributed by atoms with E-state index in [1.165, 1.54) is 21.2 Å². The Morgan fingerprint density at radius 2 is 1.79 bits per heavy atom. The summed E-state index contributed by atoms with van der Waals surface area (Å²) in [5.41, 5.74) is 1.23. The van der Waals surface area contributed by atoms with Gasteiger partial charge >= 0.3 is 0 Å². The van der Waals surface area contributed by atoms with Gasteiger partial charge in [0.05, 0.1) is 0 Å². The average Bonchev–Trinajstić information content (AvgIpc) is 2.45. The molecule has 3 aromatic rings. The third kappa shape index (κ3) is 3.17. The third-order valence-electron chi connectivity index (χ3n) is 2.89. The molecule has 19 heavy (non-hydrogen) atoms. The fourth-order valence-electron chi connectivity index (χ4n) is 1.96. The van der Waals surface area contributed by atoms with E-state index in [1.807, 2.05) is 24.2 Å². The first-order chi connectivity index (χ1) is 9.31. The van der Waals surface area contributed by atoms with Crippen LogP contribution in [0.3, 0.4) is 0 Å². The Balaban J connectivity index is 1.78. The molecule has 0 amide bonds. The average molecular weight is 330 g/mol. The smallest absolute Gasteiger partial charge is 0.0410 e. The van der Waals surface area contributed by atoms with E-state index in [9.17, 15) is 0 Å². The molecule has 0 bridgehead atoms. The predicted octanol–water partition coefficient (Wildman–Crippen LogP) is 5.29. The molecule has 0 spiro atoms. The van der Waals surface area contributed by atoms with Gasteiger partial charge in [0.25, 0.3) is 0 Å². The zero-order valence-corrected chi connectivity index (χ0v) is 12.6. The van der Waals surface area contributed by atoms with Crippen molar-refractivity contribution < 1.29 is 0 Å². The lowest BCUT2D eigenvalue weighted by Gasteiger charge is -2.04. The number of hydrogen-bond acceptors (Lipinski definition) is 2. The second-order valence-corrected chi connectivity index (χ2v) is 6.27. The molecule has 0 aliphatic carbocycles. The first kappa shape index (κ1) is 12.7. The van der Waals surface area contributed by atoms with Crippen molar-refractivity contribution in [2.45, 2.75) is 10.6 Å². The Morgan fingerprint density at radius 3 is 2.63 bits per heavy atom. The summed E-state index contributed by atoms with van der Waals surface area (Å²) < 4.78 is 1.03. The molecular weight excluding hydrogens is 318 g/mol. The summed E-state index contributed by atoms with van der Waals surface area (Å²) in [5, 5.41) is 2.58. The third-order valence-corrected chi connectivity index (χ3v) is 4.39. The number of fused-ring (bicyclic) bond motifs is 1. The van der Waals surface area contributed by atoms with Crippen LogP contribution in [0.15, 0.2) is 70.3 Å². The van der Waals surface area contributed by atoms with Crippen LogP contribution in [0.5, 0.6) is 0 Å². The van der Waals surface area contributed by atoms with Gasteiger partial charge in [0.15, 0.2) is 0 Å². The summed E-state index contributed by atoms with van der Waals surface area (Å²) in [7, 11) is 0. The largest absolute Gasteiger partial charge is 0.263 e. The Labute approximate surface area is 125 Å². The second-order valence-electron chi connectivity index (χ2n) is 4.31. The maximum Gasteiger partial charge on any atom is 0.0410 e. The monoisotopic (exact) mass is 329 g/mol. The zero-order chi connectivity index (χ0) is 13.1. The highest BCUT2D eigenvalue weighted by Gasteiger charge is 1.99. The number of aromatic nitrogens is 1. The first-order valence-corrected chi connectivity index (χ1v) is 7.80. The first-order valence-electron chi connectivity index (χ1n) is 6.02. The molecule has 3 heteroatoms. The van der Waals surface area contributed by atoms with Crippen molar-refractivity contribution >= 4 is 38.5 Å². The summed E-state index contributed by atoms with van der Waals surface area (Å²) >= 11 is 5.29. The van der Waals surface area contributed by atoms with Crippen LogP contribution in [0.25, 0.3) is 10.8 Å². The fraction of sp³-hybridized carbons (Fsp3) is 0.0625.